The van der Waals surface area contributed by atoms with E-state index < -0.39 is 35.9 Å². The number of aromatic amines is 1. The van der Waals surface area contributed by atoms with Crippen molar-refractivity contribution in [3.05, 3.63) is 69.2 Å². The third-order valence-corrected chi connectivity index (χ3v) is 4.49. The van der Waals surface area contributed by atoms with Crippen LogP contribution in [0, 0.1) is 0 Å². The van der Waals surface area contributed by atoms with Gasteiger partial charge in [-0.25, -0.2) is 4.98 Å². The summed E-state index contributed by atoms with van der Waals surface area (Å²) in [5, 5.41) is 2.12. The van der Waals surface area contributed by atoms with Gasteiger partial charge < -0.3 is 15.0 Å². The molecule has 0 atom stereocenters. The molecule has 162 valence electrons. The van der Waals surface area contributed by atoms with Gasteiger partial charge in [0.25, 0.3) is 11.5 Å². The molecular weight excluding hydrogens is 439 g/mol. The van der Waals surface area contributed by atoms with E-state index in [1.807, 2.05) is 5.32 Å². The lowest BCUT2D eigenvalue weighted by Gasteiger charge is -2.15. The number of carbonyl (C=O) groups is 2. The Balaban J connectivity index is 1.56. The second kappa shape index (κ2) is 9.17. The third kappa shape index (κ3) is 5.60. The summed E-state index contributed by atoms with van der Waals surface area (Å²) in [6.07, 6.45) is -4.88. The van der Waals surface area contributed by atoms with Crippen LogP contribution in [0.25, 0.3) is 10.9 Å². The van der Waals surface area contributed by atoms with Gasteiger partial charge in [0.15, 0.2) is 6.61 Å². The van der Waals surface area contributed by atoms with Gasteiger partial charge in [-0.3, -0.25) is 14.4 Å². The molecule has 0 saturated heterocycles. The number of hydrogen-bond acceptors (Lipinski definition) is 5. The summed E-state index contributed by atoms with van der Waals surface area (Å²) < 4.78 is 43.9. The van der Waals surface area contributed by atoms with Crippen LogP contribution in [0.3, 0.4) is 0 Å². The zero-order valence-corrected chi connectivity index (χ0v) is 16.5. The first-order valence-corrected chi connectivity index (χ1v) is 9.32. The number of amides is 1. The van der Waals surface area contributed by atoms with E-state index in [1.54, 1.807) is 24.3 Å². The molecule has 0 aliphatic rings. The number of H-pyrrole nitrogens is 1. The lowest BCUT2D eigenvalue weighted by molar-refractivity contribution is -0.147. The zero-order chi connectivity index (χ0) is 22.6. The van der Waals surface area contributed by atoms with Crippen LogP contribution < -0.4 is 10.9 Å². The molecule has 31 heavy (non-hydrogen) atoms. The molecular formula is C20H15ClF3N3O4. The first-order chi connectivity index (χ1) is 14.6. The quantitative estimate of drug-likeness (QED) is 0.554. The van der Waals surface area contributed by atoms with Gasteiger partial charge in [0.1, 0.15) is 5.82 Å². The number of benzene rings is 2. The topological polar surface area (TPSA) is 101 Å². The van der Waals surface area contributed by atoms with Crippen molar-refractivity contribution >= 4 is 40.1 Å². The van der Waals surface area contributed by atoms with Crippen LogP contribution in [0.1, 0.15) is 17.8 Å². The van der Waals surface area contributed by atoms with E-state index in [1.165, 1.54) is 6.07 Å². The number of ether oxygens (including phenoxy) is 1. The van der Waals surface area contributed by atoms with Crippen LogP contribution in [0.5, 0.6) is 0 Å². The fraction of sp³-hybridized carbons (Fsp3) is 0.200. The maximum absolute atomic E-state index is 13.1. The Morgan fingerprint density at radius 3 is 2.61 bits per heavy atom. The molecule has 0 spiro atoms. The average molecular weight is 454 g/mol. The van der Waals surface area contributed by atoms with Crippen molar-refractivity contribution < 1.29 is 27.5 Å². The second-order valence-electron chi connectivity index (χ2n) is 6.40. The Kier molecular flexibility index (Phi) is 6.59. The summed E-state index contributed by atoms with van der Waals surface area (Å²) >= 11 is 5.76. The Hall–Kier alpha value is -3.40. The van der Waals surface area contributed by atoms with Crippen molar-refractivity contribution in [2.24, 2.45) is 0 Å². The van der Waals surface area contributed by atoms with E-state index in [0.717, 1.165) is 12.1 Å². The number of aryl methyl sites for hydroxylation is 1. The monoisotopic (exact) mass is 453 g/mol. The molecule has 0 aliphatic carbocycles. The molecule has 0 unspecified atom stereocenters. The molecule has 1 amide bonds. The minimum atomic E-state index is -4.73. The maximum Gasteiger partial charge on any atom is 0.418 e. The Labute approximate surface area is 178 Å². The molecule has 3 rings (SSSR count). The number of para-hydroxylation sites is 2. The SMILES string of the molecule is O=C(COC(=O)CCc1nc2ccccc2c(=O)[nH]1)Nc1c(Cl)cccc1C(F)(F)F. The van der Waals surface area contributed by atoms with Crippen molar-refractivity contribution in [1.82, 2.24) is 9.97 Å². The van der Waals surface area contributed by atoms with Gasteiger partial charge in [0.05, 0.1) is 33.6 Å². The van der Waals surface area contributed by atoms with E-state index in [4.69, 9.17) is 16.3 Å². The zero-order valence-electron chi connectivity index (χ0n) is 15.8. The molecule has 0 bridgehead atoms. The summed E-state index contributed by atoms with van der Waals surface area (Å²) in [6, 6.07) is 9.74. The number of nitrogens with zero attached hydrogens (tertiary/aromatic N) is 1. The number of hydrogen-bond donors (Lipinski definition) is 2. The summed E-state index contributed by atoms with van der Waals surface area (Å²) in [5.74, 6) is -1.51. The molecule has 2 aromatic carbocycles. The molecule has 0 fully saturated rings. The second-order valence-corrected chi connectivity index (χ2v) is 6.81. The number of halogens is 4. The highest BCUT2D eigenvalue weighted by Crippen LogP contribution is 2.38. The number of esters is 1. The number of aromatic nitrogens is 2. The smallest absolute Gasteiger partial charge is 0.418 e. The van der Waals surface area contributed by atoms with E-state index in [-0.39, 0.29) is 29.2 Å². The lowest BCUT2D eigenvalue weighted by Crippen LogP contribution is -2.23. The number of anilines is 1. The maximum atomic E-state index is 13.1. The van der Waals surface area contributed by atoms with Crippen LogP contribution in [0.4, 0.5) is 18.9 Å². The molecule has 0 saturated carbocycles. The van der Waals surface area contributed by atoms with Crippen LogP contribution in [-0.2, 0) is 26.9 Å². The average Bonchev–Trinajstić information content (AvgIpc) is 2.71. The highest BCUT2D eigenvalue weighted by molar-refractivity contribution is 6.34. The number of alkyl halides is 3. The van der Waals surface area contributed by atoms with E-state index in [9.17, 15) is 27.6 Å². The first-order valence-electron chi connectivity index (χ1n) is 8.94. The molecule has 0 aliphatic heterocycles. The number of nitrogens with one attached hydrogen (secondary N) is 2. The van der Waals surface area contributed by atoms with Gasteiger partial charge in [-0.05, 0) is 24.3 Å². The van der Waals surface area contributed by atoms with Crippen LogP contribution in [-0.4, -0.2) is 28.5 Å². The van der Waals surface area contributed by atoms with Crippen molar-refractivity contribution in [3.63, 3.8) is 0 Å². The largest absolute Gasteiger partial charge is 0.456 e. The van der Waals surface area contributed by atoms with Crippen molar-refractivity contribution in [3.8, 4) is 0 Å². The highest BCUT2D eigenvalue weighted by Gasteiger charge is 2.34. The Morgan fingerprint density at radius 1 is 1.13 bits per heavy atom. The van der Waals surface area contributed by atoms with Crippen LogP contribution in [0.15, 0.2) is 47.3 Å². The summed E-state index contributed by atoms with van der Waals surface area (Å²) in [6.45, 7) is -0.803. The standard InChI is InChI=1S/C20H15ClF3N3O4/c21-13-6-3-5-12(20(22,23)24)18(13)27-16(28)10-31-17(29)9-8-15-25-14-7-2-1-4-11(14)19(30)26-15/h1-7H,8-10H2,(H,27,28)(H,25,26,30). The molecule has 1 aromatic heterocycles. The fourth-order valence-corrected chi connectivity index (χ4v) is 2.98. The molecule has 11 heteroatoms. The Bertz CT molecular complexity index is 1190. The van der Waals surface area contributed by atoms with Crippen molar-refractivity contribution in [2.45, 2.75) is 19.0 Å². The van der Waals surface area contributed by atoms with Gasteiger partial charge in [-0.15, -0.1) is 0 Å². The normalized spacial score (nSPS) is 11.4. The predicted molar refractivity (Wildman–Crippen MR) is 107 cm³/mol. The van der Waals surface area contributed by atoms with Crippen LogP contribution >= 0.6 is 11.6 Å². The number of fused-ring (bicyclic) bond motifs is 1. The molecule has 3 aromatic rings. The van der Waals surface area contributed by atoms with Gasteiger partial charge in [-0.1, -0.05) is 29.8 Å². The highest BCUT2D eigenvalue weighted by atomic mass is 35.5. The van der Waals surface area contributed by atoms with E-state index in [2.05, 4.69) is 9.97 Å². The predicted octanol–water partition coefficient (Wildman–Crippen LogP) is 3.71. The van der Waals surface area contributed by atoms with Crippen molar-refractivity contribution in [1.29, 1.82) is 0 Å². The van der Waals surface area contributed by atoms with Gasteiger partial charge in [-0.2, -0.15) is 13.2 Å². The van der Waals surface area contributed by atoms with Gasteiger partial charge >= 0.3 is 12.1 Å². The summed E-state index contributed by atoms with van der Waals surface area (Å²) in [7, 11) is 0. The fourth-order valence-electron chi connectivity index (χ4n) is 2.75. The molecule has 7 nitrogen and oxygen atoms in total. The van der Waals surface area contributed by atoms with Gasteiger partial charge in [0, 0.05) is 6.42 Å². The number of rotatable bonds is 6. The Morgan fingerprint density at radius 2 is 1.87 bits per heavy atom. The molecule has 1 heterocycles. The van der Waals surface area contributed by atoms with E-state index in [0.29, 0.717) is 10.9 Å². The first kappa shape index (κ1) is 22.3. The minimum absolute atomic E-state index is 0.0449. The molecule has 0 radical (unpaired) electrons. The minimum Gasteiger partial charge on any atom is -0.456 e. The summed E-state index contributed by atoms with van der Waals surface area (Å²) in [4.78, 5) is 42.6. The third-order valence-electron chi connectivity index (χ3n) is 4.18. The molecule has 2 N–H and O–H groups in total. The van der Waals surface area contributed by atoms with Crippen LogP contribution in [0.2, 0.25) is 5.02 Å². The van der Waals surface area contributed by atoms with Crippen molar-refractivity contribution in [2.75, 3.05) is 11.9 Å². The van der Waals surface area contributed by atoms with E-state index >= 15 is 0 Å². The van der Waals surface area contributed by atoms with Gasteiger partial charge in [0.2, 0.25) is 0 Å². The number of carbonyl (C=O) groups excluding carboxylic acids is 2. The summed E-state index contributed by atoms with van der Waals surface area (Å²) in [5.41, 5.74) is -1.62. The lowest BCUT2D eigenvalue weighted by atomic mass is 10.1.